The molecule has 0 saturated carbocycles. The molecule has 0 fully saturated rings. The largest absolute Gasteiger partial charge is 0.392 e. The zero-order chi connectivity index (χ0) is 34.4. The van der Waals surface area contributed by atoms with Crippen LogP contribution in [0.15, 0.2) is 72.8 Å². The van der Waals surface area contributed by atoms with Crippen molar-refractivity contribution < 1.29 is 18.7 Å². The molecule has 0 aliphatic heterocycles. The van der Waals surface area contributed by atoms with Crippen LogP contribution in [0.3, 0.4) is 0 Å². The molecule has 6 aromatic rings. The average molecular weight is 724 g/mol. The number of esters is 2. The molecule has 0 radical (unpaired) electrons. The number of carbonyl (C=O) groups is 2. The summed E-state index contributed by atoms with van der Waals surface area (Å²) in [6.45, 7) is 8.29. The molecule has 4 aromatic carbocycles. The molecule has 10 heteroatoms. The first kappa shape index (κ1) is 34.1. The van der Waals surface area contributed by atoms with E-state index in [0.29, 0.717) is 44.6 Å². The summed E-state index contributed by atoms with van der Waals surface area (Å²) in [6, 6.07) is 21.7. The number of nitrogens with zero attached hydrogens (tertiary/aromatic N) is 2. The molecule has 1 unspecified atom stereocenters. The fourth-order valence-electron chi connectivity index (χ4n) is 6.44. The van der Waals surface area contributed by atoms with Gasteiger partial charge in [-0.05, 0) is 104 Å². The maximum Gasteiger partial charge on any atom is 0.320 e. The second-order valence-corrected chi connectivity index (χ2v) is 13.8. The lowest BCUT2D eigenvalue weighted by atomic mass is 9.98. The zero-order valence-corrected chi connectivity index (χ0v) is 29.7. The van der Waals surface area contributed by atoms with Gasteiger partial charge in [0, 0.05) is 50.3 Å². The van der Waals surface area contributed by atoms with Crippen LogP contribution in [0.1, 0.15) is 52.0 Å². The molecular weight excluding hydrogens is 693 g/mol. The number of fused-ring (bicyclic) bond motifs is 2. The Balaban J connectivity index is 1.30. The molecule has 0 spiro atoms. The monoisotopic (exact) mass is 722 g/mol. The van der Waals surface area contributed by atoms with Crippen LogP contribution in [0.2, 0.25) is 20.1 Å². The summed E-state index contributed by atoms with van der Waals surface area (Å²) in [6.07, 6.45) is -0.130. The van der Waals surface area contributed by atoms with E-state index in [-0.39, 0.29) is 11.4 Å². The van der Waals surface area contributed by atoms with E-state index in [4.69, 9.17) is 51.1 Å². The SMILES string of the molecule is Cc1cc2c(CC(=O)OC(=O)C(C)c3c(C)n(Cc4cccc(Cl)c4)c4cc(Cl)c(F)cc34)c(C)n(Cc3ccc(Cl)cc3)c2cc1Cl. The summed E-state index contributed by atoms with van der Waals surface area (Å²) in [7, 11) is 0. The molecule has 246 valence electrons. The molecule has 1 atom stereocenters. The van der Waals surface area contributed by atoms with Crippen LogP contribution in [0.4, 0.5) is 4.39 Å². The van der Waals surface area contributed by atoms with Crippen LogP contribution in [-0.2, 0) is 33.8 Å². The number of benzene rings is 4. The number of carbonyl (C=O) groups excluding carboxylic acids is 2. The number of rotatable bonds is 8. The van der Waals surface area contributed by atoms with E-state index in [1.54, 1.807) is 19.1 Å². The highest BCUT2D eigenvalue weighted by atomic mass is 35.5. The Morgan fingerprint density at radius 2 is 1.40 bits per heavy atom. The Morgan fingerprint density at radius 3 is 2.10 bits per heavy atom. The lowest BCUT2D eigenvalue weighted by Gasteiger charge is -2.13. The second-order valence-electron chi connectivity index (χ2n) is 12.1. The lowest BCUT2D eigenvalue weighted by Crippen LogP contribution is -2.20. The van der Waals surface area contributed by atoms with Crippen molar-refractivity contribution in [3.05, 3.63) is 138 Å². The number of aryl methyl sites for hydroxylation is 1. The van der Waals surface area contributed by atoms with Gasteiger partial charge in [0.15, 0.2) is 0 Å². The molecule has 6 rings (SSSR count). The minimum absolute atomic E-state index is 0.0357. The van der Waals surface area contributed by atoms with E-state index in [2.05, 4.69) is 4.57 Å². The number of aromatic nitrogens is 2. The normalized spacial score (nSPS) is 12.2. The average Bonchev–Trinajstić information content (AvgIpc) is 3.42. The van der Waals surface area contributed by atoms with Gasteiger partial charge in [0.2, 0.25) is 0 Å². The molecule has 0 bridgehead atoms. The fourth-order valence-corrected chi connectivity index (χ4v) is 7.09. The summed E-state index contributed by atoms with van der Waals surface area (Å²) in [5.74, 6) is -2.92. The van der Waals surface area contributed by atoms with Gasteiger partial charge in [-0.25, -0.2) is 4.39 Å². The highest BCUT2D eigenvalue weighted by molar-refractivity contribution is 6.32. The van der Waals surface area contributed by atoms with Gasteiger partial charge in [0.1, 0.15) is 5.82 Å². The van der Waals surface area contributed by atoms with Gasteiger partial charge >= 0.3 is 11.9 Å². The van der Waals surface area contributed by atoms with E-state index in [0.717, 1.165) is 44.5 Å². The minimum Gasteiger partial charge on any atom is -0.392 e. The van der Waals surface area contributed by atoms with Crippen molar-refractivity contribution in [1.82, 2.24) is 9.13 Å². The first-order chi connectivity index (χ1) is 22.8. The van der Waals surface area contributed by atoms with Gasteiger partial charge in [-0.3, -0.25) is 9.59 Å². The number of halogens is 5. The zero-order valence-electron chi connectivity index (χ0n) is 26.6. The number of ether oxygens (including phenoxy) is 1. The van der Waals surface area contributed by atoms with Gasteiger partial charge in [-0.2, -0.15) is 0 Å². The lowest BCUT2D eigenvalue weighted by molar-refractivity contribution is -0.160. The Hall–Kier alpha value is -3.81. The molecule has 0 amide bonds. The fraction of sp³-hybridized carbons (Fsp3) is 0.211. The molecule has 2 heterocycles. The summed E-state index contributed by atoms with van der Waals surface area (Å²) in [5.41, 5.74) is 7.20. The van der Waals surface area contributed by atoms with E-state index < -0.39 is 23.7 Å². The van der Waals surface area contributed by atoms with Crippen LogP contribution >= 0.6 is 46.4 Å². The molecular formula is C38H31Cl4FN2O3. The minimum atomic E-state index is -0.883. The molecule has 0 aliphatic rings. The van der Waals surface area contributed by atoms with Gasteiger partial charge in [0.25, 0.3) is 0 Å². The van der Waals surface area contributed by atoms with Crippen molar-refractivity contribution in [2.24, 2.45) is 0 Å². The molecule has 0 aliphatic carbocycles. The second kappa shape index (κ2) is 13.6. The highest BCUT2D eigenvalue weighted by Crippen LogP contribution is 2.37. The van der Waals surface area contributed by atoms with Gasteiger partial charge in [-0.15, -0.1) is 0 Å². The Morgan fingerprint density at radius 1 is 0.750 bits per heavy atom. The first-order valence-corrected chi connectivity index (χ1v) is 16.8. The Bertz CT molecular complexity index is 2240. The maximum atomic E-state index is 14.8. The van der Waals surface area contributed by atoms with Crippen molar-refractivity contribution in [2.75, 3.05) is 0 Å². The van der Waals surface area contributed by atoms with Gasteiger partial charge in [-0.1, -0.05) is 70.7 Å². The van der Waals surface area contributed by atoms with Crippen LogP contribution in [0, 0.1) is 26.6 Å². The van der Waals surface area contributed by atoms with Crippen molar-refractivity contribution in [3.63, 3.8) is 0 Å². The van der Waals surface area contributed by atoms with Crippen molar-refractivity contribution in [2.45, 2.75) is 53.1 Å². The van der Waals surface area contributed by atoms with Crippen molar-refractivity contribution in [1.29, 1.82) is 0 Å². The number of hydrogen-bond acceptors (Lipinski definition) is 3. The molecule has 0 N–H and O–H groups in total. The Labute approximate surface area is 297 Å². The third-order valence-corrected chi connectivity index (χ3v) is 10.1. The van der Waals surface area contributed by atoms with Crippen LogP contribution < -0.4 is 0 Å². The van der Waals surface area contributed by atoms with Gasteiger partial charge < -0.3 is 13.9 Å². The standard InChI is InChI=1S/C38H31Cl4FN2O3/c1-20-12-29-28(22(3)44(34(29)16-31(20)41)18-24-8-10-26(39)11-9-24)15-36(46)48-38(47)21(2)37-23(4)45(19-25-6-5-7-27(40)13-25)35-17-32(42)33(43)14-30(35)37/h5-14,16-17,21H,15,18-19H2,1-4H3. The molecule has 0 saturated heterocycles. The maximum absolute atomic E-state index is 14.8. The molecule has 5 nitrogen and oxygen atoms in total. The van der Waals surface area contributed by atoms with Gasteiger partial charge in [0.05, 0.1) is 28.4 Å². The van der Waals surface area contributed by atoms with E-state index >= 15 is 0 Å². The smallest absolute Gasteiger partial charge is 0.320 e. The predicted molar refractivity (Wildman–Crippen MR) is 192 cm³/mol. The third-order valence-electron chi connectivity index (χ3n) is 8.95. The summed E-state index contributed by atoms with van der Waals surface area (Å²) < 4.78 is 24.3. The Kier molecular flexibility index (Phi) is 9.65. The van der Waals surface area contributed by atoms with Crippen LogP contribution in [-0.4, -0.2) is 21.1 Å². The van der Waals surface area contributed by atoms with Crippen LogP contribution in [0.25, 0.3) is 21.8 Å². The van der Waals surface area contributed by atoms with E-state index in [9.17, 15) is 14.0 Å². The third kappa shape index (κ3) is 6.59. The summed E-state index contributed by atoms with van der Waals surface area (Å²) in [5, 5.41) is 3.17. The summed E-state index contributed by atoms with van der Waals surface area (Å²) >= 11 is 25.1. The van der Waals surface area contributed by atoms with Crippen LogP contribution in [0.5, 0.6) is 0 Å². The van der Waals surface area contributed by atoms with E-state index in [1.807, 2.05) is 79.9 Å². The van der Waals surface area contributed by atoms with E-state index in [1.165, 1.54) is 6.07 Å². The first-order valence-electron chi connectivity index (χ1n) is 15.3. The summed E-state index contributed by atoms with van der Waals surface area (Å²) in [4.78, 5) is 27.1. The molecule has 48 heavy (non-hydrogen) atoms. The molecule has 2 aromatic heterocycles. The van der Waals surface area contributed by atoms with Crippen molar-refractivity contribution in [3.8, 4) is 0 Å². The number of hydrogen-bond donors (Lipinski definition) is 0. The predicted octanol–water partition coefficient (Wildman–Crippen LogP) is 10.8. The topological polar surface area (TPSA) is 53.2 Å². The highest BCUT2D eigenvalue weighted by Gasteiger charge is 2.29. The van der Waals surface area contributed by atoms with Crippen molar-refractivity contribution >= 4 is 80.1 Å². The quantitative estimate of drug-likeness (QED) is 0.116.